The molecule has 1 aliphatic rings. The molecule has 18 heavy (non-hydrogen) atoms. The van der Waals surface area contributed by atoms with Crippen LogP contribution in [0.15, 0.2) is 0 Å². The number of ether oxygens (including phenoxy) is 3. The molecule has 3 nitrogen and oxygen atoms in total. The Morgan fingerprint density at radius 1 is 1.22 bits per heavy atom. The van der Waals surface area contributed by atoms with E-state index in [9.17, 15) is 0 Å². The van der Waals surface area contributed by atoms with Crippen LogP contribution in [0, 0.1) is 17.3 Å². The van der Waals surface area contributed by atoms with Gasteiger partial charge in [0.05, 0.1) is 24.9 Å². The van der Waals surface area contributed by atoms with E-state index in [1.165, 1.54) is 0 Å². The summed E-state index contributed by atoms with van der Waals surface area (Å²) in [7, 11) is 3.59. The molecule has 0 N–H and O–H groups in total. The van der Waals surface area contributed by atoms with Crippen LogP contribution in [0.4, 0.5) is 0 Å². The van der Waals surface area contributed by atoms with E-state index in [1.807, 2.05) is 0 Å². The molecule has 3 unspecified atom stereocenters. The zero-order valence-corrected chi connectivity index (χ0v) is 13.0. The third-order valence-corrected chi connectivity index (χ3v) is 4.21. The molecule has 0 aromatic carbocycles. The van der Waals surface area contributed by atoms with E-state index >= 15 is 0 Å². The van der Waals surface area contributed by atoms with Gasteiger partial charge in [-0.2, -0.15) is 0 Å². The van der Waals surface area contributed by atoms with Crippen molar-refractivity contribution >= 4 is 0 Å². The van der Waals surface area contributed by atoms with Gasteiger partial charge in [-0.15, -0.1) is 0 Å². The molecule has 0 saturated carbocycles. The molecule has 1 heterocycles. The molecule has 1 fully saturated rings. The first-order chi connectivity index (χ1) is 8.31. The van der Waals surface area contributed by atoms with Gasteiger partial charge in [0.25, 0.3) is 0 Å². The minimum atomic E-state index is 0.142. The highest BCUT2D eigenvalue weighted by molar-refractivity contribution is 4.87. The molecule has 1 saturated heterocycles. The zero-order valence-electron chi connectivity index (χ0n) is 13.0. The molecule has 0 spiro atoms. The molecule has 108 valence electrons. The van der Waals surface area contributed by atoms with Gasteiger partial charge in [-0.05, 0) is 5.41 Å². The molecule has 5 atom stereocenters. The van der Waals surface area contributed by atoms with Crippen LogP contribution in [0.3, 0.4) is 0 Å². The highest BCUT2D eigenvalue weighted by atomic mass is 16.5. The molecule has 0 aromatic rings. The predicted octanol–water partition coefficient (Wildman–Crippen LogP) is 3.12. The first-order valence-electron chi connectivity index (χ1n) is 6.98. The van der Waals surface area contributed by atoms with Crippen LogP contribution >= 0.6 is 0 Å². The van der Waals surface area contributed by atoms with E-state index in [4.69, 9.17) is 14.2 Å². The lowest BCUT2D eigenvalue weighted by Crippen LogP contribution is -2.47. The Balaban J connectivity index is 2.66. The highest BCUT2D eigenvalue weighted by Gasteiger charge is 2.38. The van der Waals surface area contributed by atoms with Crippen LogP contribution in [0.25, 0.3) is 0 Å². The van der Waals surface area contributed by atoms with Crippen LogP contribution in [-0.4, -0.2) is 39.1 Å². The largest absolute Gasteiger partial charge is 0.381 e. The van der Waals surface area contributed by atoms with Gasteiger partial charge in [0.2, 0.25) is 0 Å². The Kier molecular flexibility index (Phi) is 5.63. The number of methoxy groups -OCH3 is 2. The third-order valence-electron chi connectivity index (χ3n) is 4.21. The summed E-state index contributed by atoms with van der Waals surface area (Å²) in [5.74, 6) is 0.885. The molecule has 0 aliphatic carbocycles. The van der Waals surface area contributed by atoms with Crippen molar-refractivity contribution in [2.24, 2.45) is 17.3 Å². The number of hydrogen-bond donors (Lipinski definition) is 0. The van der Waals surface area contributed by atoms with E-state index in [0.29, 0.717) is 17.9 Å². The Morgan fingerprint density at radius 3 is 2.28 bits per heavy atom. The molecule has 0 aromatic heterocycles. The first-order valence-corrected chi connectivity index (χ1v) is 6.98. The Labute approximate surface area is 112 Å². The zero-order chi connectivity index (χ0) is 13.9. The van der Waals surface area contributed by atoms with Crippen molar-refractivity contribution in [1.82, 2.24) is 0 Å². The molecule has 0 bridgehead atoms. The predicted molar refractivity (Wildman–Crippen MR) is 73.7 cm³/mol. The second-order valence-electron chi connectivity index (χ2n) is 6.73. The monoisotopic (exact) mass is 258 g/mol. The molecular formula is C15H30O3. The summed E-state index contributed by atoms with van der Waals surface area (Å²) >= 11 is 0. The summed E-state index contributed by atoms with van der Waals surface area (Å²) in [6, 6.07) is 0. The van der Waals surface area contributed by atoms with Crippen molar-refractivity contribution in [3.63, 3.8) is 0 Å². The molecule has 3 heteroatoms. The summed E-state index contributed by atoms with van der Waals surface area (Å²) in [5.41, 5.74) is 0.142. The topological polar surface area (TPSA) is 27.7 Å². The molecule has 0 radical (unpaired) electrons. The van der Waals surface area contributed by atoms with Gasteiger partial charge >= 0.3 is 0 Å². The average molecular weight is 258 g/mol. The van der Waals surface area contributed by atoms with E-state index in [0.717, 1.165) is 13.0 Å². The van der Waals surface area contributed by atoms with E-state index in [2.05, 4.69) is 34.6 Å². The van der Waals surface area contributed by atoms with Crippen molar-refractivity contribution in [1.29, 1.82) is 0 Å². The van der Waals surface area contributed by atoms with Crippen molar-refractivity contribution in [2.45, 2.75) is 59.4 Å². The van der Waals surface area contributed by atoms with E-state index in [-0.39, 0.29) is 17.6 Å². The smallest absolute Gasteiger partial charge is 0.0669 e. The van der Waals surface area contributed by atoms with Crippen LogP contribution < -0.4 is 0 Å². The number of rotatable bonds is 4. The minimum absolute atomic E-state index is 0.142. The van der Waals surface area contributed by atoms with Crippen molar-refractivity contribution in [2.75, 3.05) is 20.8 Å². The maximum absolute atomic E-state index is 6.00. The fourth-order valence-corrected chi connectivity index (χ4v) is 3.00. The third kappa shape index (κ3) is 3.69. The van der Waals surface area contributed by atoms with Crippen molar-refractivity contribution < 1.29 is 14.2 Å². The summed E-state index contributed by atoms with van der Waals surface area (Å²) in [4.78, 5) is 0. The fourth-order valence-electron chi connectivity index (χ4n) is 3.00. The Morgan fingerprint density at radius 2 is 1.83 bits per heavy atom. The van der Waals surface area contributed by atoms with Crippen molar-refractivity contribution in [3.8, 4) is 0 Å². The van der Waals surface area contributed by atoms with Crippen LogP contribution in [0.5, 0.6) is 0 Å². The van der Waals surface area contributed by atoms with E-state index in [1.54, 1.807) is 14.2 Å². The molecule has 1 aliphatic heterocycles. The van der Waals surface area contributed by atoms with Gasteiger partial charge in [-0.25, -0.2) is 0 Å². The summed E-state index contributed by atoms with van der Waals surface area (Å²) in [5, 5.41) is 0. The highest BCUT2D eigenvalue weighted by Crippen LogP contribution is 2.34. The maximum atomic E-state index is 6.00. The standard InChI is InChI=1S/C15H30O3/c1-10-9-18-12(11(2)14(10)17-7)8-13(16-6)15(3,4)5/h10-14H,8-9H2,1-7H3/t10-,11-,12?,13?,14?/m0/s1. The van der Waals surface area contributed by atoms with E-state index < -0.39 is 0 Å². The quantitative estimate of drug-likeness (QED) is 0.775. The van der Waals surface area contributed by atoms with Gasteiger partial charge in [0.1, 0.15) is 0 Å². The van der Waals surface area contributed by atoms with Gasteiger partial charge in [-0.3, -0.25) is 0 Å². The Bertz CT molecular complexity index is 247. The van der Waals surface area contributed by atoms with Crippen molar-refractivity contribution in [3.05, 3.63) is 0 Å². The summed E-state index contributed by atoms with van der Waals surface area (Å²) in [6.45, 7) is 11.8. The van der Waals surface area contributed by atoms with Gasteiger partial charge in [0.15, 0.2) is 0 Å². The van der Waals surface area contributed by atoms with Gasteiger partial charge < -0.3 is 14.2 Å². The fraction of sp³-hybridized carbons (Fsp3) is 1.00. The molecule has 0 amide bonds. The number of hydrogen-bond acceptors (Lipinski definition) is 3. The lowest BCUT2D eigenvalue weighted by Gasteiger charge is -2.42. The summed E-state index contributed by atoms with van der Waals surface area (Å²) < 4.78 is 17.3. The van der Waals surface area contributed by atoms with Crippen LogP contribution in [0.2, 0.25) is 0 Å². The normalized spacial score (nSPS) is 35.5. The van der Waals surface area contributed by atoms with Gasteiger partial charge in [0, 0.05) is 32.5 Å². The van der Waals surface area contributed by atoms with Gasteiger partial charge in [-0.1, -0.05) is 34.6 Å². The lowest BCUT2D eigenvalue weighted by molar-refractivity contribution is -0.148. The second kappa shape index (κ2) is 6.36. The molecule has 1 rings (SSSR count). The minimum Gasteiger partial charge on any atom is -0.381 e. The maximum Gasteiger partial charge on any atom is 0.0669 e. The van der Waals surface area contributed by atoms with Crippen LogP contribution in [0.1, 0.15) is 41.0 Å². The first kappa shape index (κ1) is 15.9. The Hall–Kier alpha value is -0.120. The SMILES string of the molecule is COC1[C@@H](C)C(CC(OC)C(C)(C)C)OC[C@@H]1C. The summed E-state index contributed by atoms with van der Waals surface area (Å²) in [6.07, 6.45) is 1.68. The lowest BCUT2D eigenvalue weighted by atomic mass is 9.79. The second-order valence-corrected chi connectivity index (χ2v) is 6.73. The van der Waals surface area contributed by atoms with Crippen LogP contribution in [-0.2, 0) is 14.2 Å². The average Bonchev–Trinajstić information content (AvgIpc) is 2.27. The molecular weight excluding hydrogens is 228 g/mol.